The fourth-order valence-electron chi connectivity index (χ4n) is 4.65. The van der Waals surface area contributed by atoms with Crippen LogP contribution in [0, 0.1) is 0 Å². The van der Waals surface area contributed by atoms with Crippen molar-refractivity contribution < 1.29 is 23.8 Å². The van der Waals surface area contributed by atoms with Crippen LogP contribution in [0.15, 0.2) is 78.2 Å². The summed E-state index contributed by atoms with van der Waals surface area (Å²) >= 11 is 0. The van der Waals surface area contributed by atoms with Crippen LogP contribution in [0.1, 0.15) is 46.8 Å². The Balaban J connectivity index is 1.56. The molecule has 2 heterocycles. The van der Waals surface area contributed by atoms with Crippen LogP contribution in [0.3, 0.4) is 0 Å². The first-order chi connectivity index (χ1) is 18.5. The Morgan fingerprint density at radius 2 is 1.66 bits per heavy atom. The molecule has 1 atom stereocenters. The highest BCUT2D eigenvalue weighted by atomic mass is 16.5. The lowest BCUT2D eigenvalue weighted by molar-refractivity contribution is -0.115. The minimum absolute atomic E-state index is 0.228. The van der Waals surface area contributed by atoms with Gasteiger partial charge in [-0.3, -0.25) is 14.7 Å². The monoisotopic (exact) mass is 511 g/mol. The number of amides is 1. The Hall–Kier alpha value is -4.43. The average Bonchev–Trinajstić information content (AvgIpc) is 3.29. The minimum Gasteiger partial charge on any atom is -0.465 e. The number of hydrogen-bond donors (Lipinski definition) is 1. The van der Waals surface area contributed by atoms with Crippen molar-refractivity contribution in [2.45, 2.75) is 26.3 Å². The van der Waals surface area contributed by atoms with Crippen molar-refractivity contribution in [2.24, 2.45) is 4.99 Å². The molecule has 3 aromatic rings. The third-order valence-electron chi connectivity index (χ3n) is 6.75. The number of nitrogens with one attached hydrogen (secondary N) is 1. The Morgan fingerprint density at radius 3 is 2.37 bits per heavy atom. The molecular formula is C30H29N3O5. The lowest BCUT2D eigenvalue weighted by Crippen LogP contribution is -2.22. The summed E-state index contributed by atoms with van der Waals surface area (Å²) in [6.45, 7) is 7.12. The SMILES string of the molecule is CCN(CC)Cc1ccc(N=C(c2ccc3c(c2)OC=CO3)C2C(=O)Nc3cc(C(=O)OC)ccc32)cc1. The number of methoxy groups -OCH3 is 1. The van der Waals surface area contributed by atoms with E-state index in [4.69, 9.17) is 19.2 Å². The molecule has 0 radical (unpaired) electrons. The van der Waals surface area contributed by atoms with E-state index in [1.807, 2.05) is 24.3 Å². The fourth-order valence-corrected chi connectivity index (χ4v) is 4.65. The molecule has 8 nitrogen and oxygen atoms in total. The molecule has 1 unspecified atom stereocenters. The van der Waals surface area contributed by atoms with Crippen LogP contribution in [0.25, 0.3) is 0 Å². The van der Waals surface area contributed by atoms with Gasteiger partial charge < -0.3 is 19.5 Å². The second kappa shape index (κ2) is 10.9. The predicted octanol–water partition coefficient (Wildman–Crippen LogP) is 5.41. The molecule has 0 spiro atoms. The highest BCUT2D eigenvalue weighted by molar-refractivity contribution is 6.24. The molecular weight excluding hydrogens is 482 g/mol. The van der Waals surface area contributed by atoms with E-state index in [0.717, 1.165) is 36.4 Å². The number of anilines is 1. The second-order valence-electron chi connectivity index (χ2n) is 9.01. The van der Waals surface area contributed by atoms with Crippen LogP contribution in [0.4, 0.5) is 11.4 Å². The smallest absolute Gasteiger partial charge is 0.337 e. The Morgan fingerprint density at radius 1 is 0.947 bits per heavy atom. The largest absolute Gasteiger partial charge is 0.465 e. The molecule has 5 rings (SSSR count). The molecule has 38 heavy (non-hydrogen) atoms. The quantitative estimate of drug-likeness (QED) is 0.321. The molecule has 1 N–H and O–H groups in total. The molecule has 2 aliphatic rings. The third kappa shape index (κ3) is 5.03. The highest BCUT2D eigenvalue weighted by Crippen LogP contribution is 2.39. The zero-order valence-corrected chi connectivity index (χ0v) is 21.6. The van der Waals surface area contributed by atoms with Gasteiger partial charge in [-0.2, -0.15) is 0 Å². The van der Waals surface area contributed by atoms with Crippen molar-refractivity contribution in [1.29, 1.82) is 0 Å². The standard InChI is InChI=1S/C30H29N3O5/c1-4-33(5-2)18-19-6-10-22(11-7-19)31-28(20-9-13-25-26(17-20)38-15-14-37-25)27-23-12-8-21(30(35)36-3)16-24(23)32-29(27)34/h6-17,27H,4-5,18H2,1-3H3,(H,32,34). The Labute approximate surface area is 221 Å². The van der Waals surface area contributed by atoms with Gasteiger partial charge >= 0.3 is 5.97 Å². The Bertz CT molecular complexity index is 1420. The predicted molar refractivity (Wildman–Crippen MR) is 145 cm³/mol. The first kappa shape index (κ1) is 25.2. The van der Waals surface area contributed by atoms with Crippen LogP contribution in [-0.2, 0) is 16.1 Å². The number of nitrogens with zero attached hydrogens (tertiary/aromatic N) is 2. The van der Waals surface area contributed by atoms with Crippen LogP contribution < -0.4 is 14.8 Å². The molecule has 2 aliphatic heterocycles. The normalized spacial score (nSPS) is 15.8. The summed E-state index contributed by atoms with van der Waals surface area (Å²) < 4.78 is 16.0. The molecule has 8 heteroatoms. The van der Waals surface area contributed by atoms with E-state index in [9.17, 15) is 9.59 Å². The van der Waals surface area contributed by atoms with E-state index in [1.54, 1.807) is 24.3 Å². The van der Waals surface area contributed by atoms with Gasteiger partial charge in [0.05, 0.1) is 24.1 Å². The molecule has 1 amide bonds. The molecule has 0 aliphatic carbocycles. The van der Waals surface area contributed by atoms with Gasteiger partial charge in [-0.05, 0) is 66.7 Å². The van der Waals surface area contributed by atoms with Crippen molar-refractivity contribution in [1.82, 2.24) is 4.90 Å². The lowest BCUT2D eigenvalue weighted by Gasteiger charge is -2.18. The number of ether oxygens (including phenoxy) is 3. The van der Waals surface area contributed by atoms with E-state index >= 15 is 0 Å². The number of benzene rings is 3. The van der Waals surface area contributed by atoms with Gasteiger partial charge in [-0.1, -0.05) is 32.0 Å². The van der Waals surface area contributed by atoms with Gasteiger partial charge in [0, 0.05) is 17.8 Å². The van der Waals surface area contributed by atoms with E-state index in [2.05, 4.69) is 36.2 Å². The maximum atomic E-state index is 13.3. The molecule has 0 saturated heterocycles. The molecule has 0 fully saturated rings. The highest BCUT2D eigenvalue weighted by Gasteiger charge is 2.36. The summed E-state index contributed by atoms with van der Waals surface area (Å²) in [4.78, 5) is 32.7. The van der Waals surface area contributed by atoms with Gasteiger partial charge in [-0.15, -0.1) is 0 Å². The van der Waals surface area contributed by atoms with Crippen molar-refractivity contribution >= 4 is 29.0 Å². The summed E-state index contributed by atoms with van der Waals surface area (Å²) in [5.74, 6) is -0.273. The van der Waals surface area contributed by atoms with Crippen LogP contribution >= 0.6 is 0 Å². The zero-order valence-electron chi connectivity index (χ0n) is 21.6. The number of carbonyl (C=O) groups is 2. The number of carbonyl (C=O) groups excluding carboxylic acids is 2. The van der Waals surface area contributed by atoms with Crippen LogP contribution in [-0.4, -0.2) is 42.7 Å². The van der Waals surface area contributed by atoms with E-state index in [1.165, 1.54) is 25.2 Å². The fraction of sp³-hybridized carbons (Fsp3) is 0.233. The first-order valence-electron chi connectivity index (χ1n) is 12.6. The third-order valence-corrected chi connectivity index (χ3v) is 6.75. The Kier molecular flexibility index (Phi) is 7.24. The number of fused-ring (bicyclic) bond motifs is 2. The lowest BCUT2D eigenvalue weighted by atomic mass is 9.90. The molecule has 194 valence electrons. The summed E-state index contributed by atoms with van der Waals surface area (Å²) in [5.41, 5.74) is 4.86. The van der Waals surface area contributed by atoms with Crippen molar-refractivity contribution in [3.63, 3.8) is 0 Å². The topological polar surface area (TPSA) is 89.5 Å². The van der Waals surface area contributed by atoms with Crippen molar-refractivity contribution in [3.8, 4) is 11.5 Å². The van der Waals surface area contributed by atoms with E-state index < -0.39 is 11.9 Å². The molecule has 0 bridgehead atoms. The average molecular weight is 512 g/mol. The number of rotatable bonds is 8. The van der Waals surface area contributed by atoms with E-state index in [0.29, 0.717) is 28.5 Å². The van der Waals surface area contributed by atoms with Gasteiger partial charge in [-0.25, -0.2) is 4.79 Å². The summed E-state index contributed by atoms with van der Waals surface area (Å²) in [6, 6.07) is 18.6. The maximum Gasteiger partial charge on any atom is 0.337 e. The van der Waals surface area contributed by atoms with Gasteiger partial charge in [0.15, 0.2) is 11.5 Å². The van der Waals surface area contributed by atoms with Gasteiger partial charge in [0.2, 0.25) is 5.91 Å². The van der Waals surface area contributed by atoms with Crippen LogP contribution in [0.5, 0.6) is 11.5 Å². The number of esters is 1. The second-order valence-corrected chi connectivity index (χ2v) is 9.01. The van der Waals surface area contributed by atoms with Gasteiger partial charge in [0.25, 0.3) is 0 Å². The summed E-state index contributed by atoms with van der Waals surface area (Å²) in [7, 11) is 1.33. The van der Waals surface area contributed by atoms with Crippen LogP contribution in [0.2, 0.25) is 0 Å². The zero-order chi connectivity index (χ0) is 26.6. The number of hydrogen-bond acceptors (Lipinski definition) is 7. The first-order valence-corrected chi connectivity index (χ1v) is 12.6. The molecule has 3 aromatic carbocycles. The molecule has 0 aromatic heterocycles. The van der Waals surface area contributed by atoms with Crippen molar-refractivity contribution in [2.75, 3.05) is 25.5 Å². The van der Waals surface area contributed by atoms with Gasteiger partial charge in [0.1, 0.15) is 18.4 Å². The number of aliphatic imine (C=N–C) groups is 1. The van der Waals surface area contributed by atoms with Crippen molar-refractivity contribution in [3.05, 3.63) is 95.4 Å². The summed E-state index contributed by atoms with van der Waals surface area (Å²) in [6.07, 6.45) is 2.93. The minimum atomic E-state index is -0.690. The summed E-state index contributed by atoms with van der Waals surface area (Å²) in [5, 5.41) is 2.91. The maximum absolute atomic E-state index is 13.3. The van der Waals surface area contributed by atoms with E-state index in [-0.39, 0.29) is 5.91 Å². The molecule has 0 saturated carbocycles.